The molecule has 1 atom stereocenters. The Morgan fingerprint density at radius 1 is 1.55 bits per heavy atom. The third-order valence-corrected chi connectivity index (χ3v) is 4.00. The number of rotatable bonds is 3. The second-order valence-corrected chi connectivity index (χ2v) is 4.51. The number of carboxylic acids is 1. The molecule has 1 unspecified atom stereocenters. The fourth-order valence-electron chi connectivity index (χ4n) is 1.07. The predicted octanol–water partition coefficient (Wildman–Crippen LogP) is 1.89. The number of carbonyl (C=O) groups is 1. The van der Waals surface area contributed by atoms with Gasteiger partial charge in [-0.25, -0.2) is 0 Å². The van der Waals surface area contributed by atoms with Crippen LogP contribution in [0.4, 0.5) is 0 Å². The minimum atomic E-state index is -0.671. The topological polar surface area (TPSA) is 37.3 Å². The van der Waals surface area contributed by atoms with Crippen molar-refractivity contribution in [2.45, 2.75) is 18.6 Å². The fourth-order valence-corrected chi connectivity index (χ4v) is 2.86. The van der Waals surface area contributed by atoms with Gasteiger partial charge in [0.05, 0.1) is 5.25 Å². The summed E-state index contributed by atoms with van der Waals surface area (Å²) in [5.74, 6) is -0.671. The van der Waals surface area contributed by atoms with Crippen molar-refractivity contribution in [1.82, 2.24) is 0 Å². The van der Waals surface area contributed by atoms with Crippen molar-refractivity contribution < 1.29 is 9.90 Å². The van der Waals surface area contributed by atoms with Gasteiger partial charge in [0.25, 0.3) is 0 Å². The number of aliphatic carboxylic acids is 1. The van der Waals surface area contributed by atoms with Crippen LogP contribution in [-0.4, -0.2) is 16.3 Å². The van der Waals surface area contributed by atoms with Crippen LogP contribution in [0, 0.1) is 0 Å². The highest BCUT2D eigenvalue weighted by atomic mass is 32.2. The third kappa shape index (κ3) is 1.87. The van der Waals surface area contributed by atoms with E-state index in [2.05, 4.69) is 0 Å². The van der Waals surface area contributed by atoms with Gasteiger partial charge in [0, 0.05) is 0 Å². The Labute approximate surface area is 69.0 Å². The predicted molar refractivity (Wildman–Crippen MR) is 49.0 cm³/mol. The van der Waals surface area contributed by atoms with E-state index in [0.717, 1.165) is 6.42 Å². The Balaban J connectivity index is 2.62. The molecule has 0 saturated heterocycles. The van der Waals surface area contributed by atoms with Crippen LogP contribution in [0.3, 0.4) is 0 Å². The highest BCUT2D eigenvalue weighted by molar-refractivity contribution is 8.23. The number of hydrogen-bond donors (Lipinski definition) is 2. The Bertz CT molecular complexity index is 196. The van der Waals surface area contributed by atoms with Crippen LogP contribution in [0.15, 0.2) is 23.0 Å². The first-order valence-corrected chi connectivity index (χ1v) is 5.16. The largest absolute Gasteiger partial charge is 0.480 e. The average molecular weight is 172 g/mol. The van der Waals surface area contributed by atoms with Crippen LogP contribution in [0.2, 0.25) is 0 Å². The molecular weight excluding hydrogens is 160 g/mol. The maximum Gasteiger partial charge on any atom is 0.315 e. The van der Waals surface area contributed by atoms with Crippen molar-refractivity contribution in [2.75, 3.05) is 0 Å². The molecule has 1 heterocycles. The number of hydrogen-bond acceptors (Lipinski definition) is 1. The zero-order valence-corrected chi connectivity index (χ0v) is 7.29. The molecule has 1 N–H and O–H groups in total. The summed E-state index contributed by atoms with van der Waals surface area (Å²) in [4.78, 5) is 10.7. The highest BCUT2D eigenvalue weighted by Crippen LogP contribution is 2.39. The maximum atomic E-state index is 10.7. The summed E-state index contributed by atoms with van der Waals surface area (Å²) in [6.45, 7) is 1.92. The Morgan fingerprint density at radius 3 is 2.45 bits per heavy atom. The third-order valence-electron chi connectivity index (χ3n) is 1.66. The zero-order chi connectivity index (χ0) is 8.27. The molecule has 0 spiro atoms. The van der Waals surface area contributed by atoms with E-state index in [4.69, 9.17) is 5.11 Å². The minimum absolute atomic E-state index is 0.181. The van der Waals surface area contributed by atoms with Gasteiger partial charge in [0.1, 0.15) is 0 Å². The van der Waals surface area contributed by atoms with E-state index in [1.807, 2.05) is 29.9 Å². The molecule has 0 aromatic heterocycles. The van der Waals surface area contributed by atoms with Gasteiger partial charge in [-0.2, -0.15) is 10.9 Å². The van der Waals surface area contributed by atoms with Gasteiger partial charge in [0.2, 0.25) is 0 Å². The number of carboxylic acid groups (broad SMARTS) is 1. The van der Waals surface area contributed by atoms with E-state index < -0.39 is 16.9 Å². The van der Waals surface area contributed by atoms with Crippen molar-refractivity contribution in [3.63, 3.8) is 0 Å². The molecule has 0 amide bonds. The van der Waals surface area contributed by atoms with Gasteiger partial charge in [-0.3, -0.25) is 4.79 Å². The summed E-state index contributed by atoms with van der Waals surface area (Å²) < 4.78 is 0. The Hall–Kier alpha value is -0.700. The van der Waals surface area contributed by atoms with E-state index in [9.17, 15) is 4.79 Å². The standard InChI is InChI=1S/C8H12O2S/c1-2-7(8(9)10)11-5-3-4-6-11/h3-7,11H,2H2,1H3,(H,9,10). The lowest BCUT2D eigenvalue weighted by atomic mass is 10.3. The van der Waals surface area contributed by atoms with Crippen LogP contribution in [0.5, 0.6) is 0 Å². The molecule has 1 aliphatic rings. The average Bonchev–Trinajstić information content (AvgIpc) is 2.40. The van der Waals surface area contributed by atoms with Gasteiger partial charge in [-0.05, 0) is 17.2 Å². The lowest BCUT2D eigenvalue weighted by Crippen LogP contribution is -2.17. The monoisotopic (exact) mass is 172 g/mol. The molecule has 0 aromatic rings. The van der Waals surface area contributed by atoms with Crippen LogP contribution in [0.25, 0.3) is 0 Å². The normalized spacial score (nSPS) is 20.6. The van der Waals surface area contributed by atoms with Gasteiger partial charge < -0.3 is 5.11 Å². The summed E-state index contributed by atoms with van der Waals surface area (Å²) in [6.07, 6.45) is 4.57. The number of thiol groups is 1. The minimum Gasteiger partial charge on any atom is -0.480 e. The zero-order valence-electron chi connectivity index (χ0n) is 6.40. The molecule has 1 rings (SSSR count). The van der Waals surface area contributed by atoms with Crippen molar-refractivity contribution in [3.05, 3.63) is 23.0 Å². The lowest BCUT2D eigenvalue weighted by molar-refractivity contribution is -0.136. The van der Waals surface area contributed by atoms with Crippen molar-refractivity contribution >= 4 is 16.9 Å². The van der Waals surface area contributed by atoms with E-state index >= 15 is 0 Å². The molecular formula is C8H12O2S. The van der Waals surface area contributed by atoms with Crippen molar-refractivity contribution in [3.8, 4) is 0 Å². The van der Waals surface area contributed by atoms with E-state index in [1.165, 1.54) is 0 Å². The maximum absolute atomic E-state index is 10.7. The van der Waals surface area contributed by atoms with E-state index in [0.29, 0.717) is 0 Å². The van der Waals surface area contributed by atoms with Gasteiger partial charge in [0.15, 0.2) is 0 Å². The molecule has 1 aliphatic heterocycles. The fraction of sp³-hybridized carbons (Fsp3) is 0.375. The first-order chi connectivity index (χ1) is 5.25. The molecule has 3 heteroatoms. The molecule has 62 valence electrons. The molecule has 0 aromatic carbocycles. The summed E-state index contributed by atoms with van der Waals surface area (Å²) in [6, 6.07) is 0. The molecule has 0 aliphatic carbocycles. The summed E-state index contributed by atoms with van der Waals surface area (Å²) >= 11 is 0. The first-order valence-electron chi connectivity index (χ1n) is 3.61. The quantitative estimate of drug-likeness (QED) is 0.638. The summed E-state index contributed by atoms with van der Waals surface area (Å²) in [5, 5.41) is 12.6. The molecule has 0 fully saturated rings. The van der Waals surface area contributed by atoms with Gasteiger partial charge in [-0.15, -0.1) is 0 Å². The van der Waals surface area contributed by atoms with E-state index in [1.54, 1.807) is 0 Å². The lowest BCUT2D eigenvalue weighted by Gasteiger charge is -2.17. The smallest absolute Gasteiger partial charge is 0.315 e. The van der Waals surface area contributed by atoms with Crippen molar-refractivity contribution in [1.29, 1.82) is 0 Å². The molecule has 2 nitrogen and oxygen atoms in total. The molecule has 11 heavy (non-hydrogen) atoms. The molecule has 0 radical (unpaired) electrons. The van der Waals surface area contributed by atoms with E-state index in [-0.39, 0.29) is 5.25 Å². The van der Waals surface area contributed by atoms with Crippen LogP contribution >= 0.6 is 10.9 Å². The second kappa shape index (κ2) is 3.62. The number of allylic oxidation sites excluding steroid dienone is 2. The Morgan fingerprint density at radius 2 is 2.09 bits per heavy atom. The summed E-state index contributed by atoms with van der Waals surface area (Å²) in [5.41, 5.74) is 0. The van der Waals surface area contributed by atoms with Crippen molar-refractivity contribution in [2.24, 2.45) is 0 Å². The first kappa shape index (κ1) is 8.40. The summed E-state index contributed by atoms with van der Waals surface area (Å²) in [7, 11) is -0.509. The van der Waals surface area contributed by atoms with Crippen LogP contribution in [-0.2, 0) is 4.79 Å². The van der Waals surface area contributed by atoms with Gasteiger partial charge >= 0.3 is 5.97 Å². The Kier molecular flexibility index (Phi) is 2.76. The second-order valence-electron chi connectivity index (χ2n) is 2.39. The molecule has 0 saturated carbocycles. The highest BCUT2D eigenvalue weighted by Gasteiger charge is 2.20. The van der Waals surface area contributed by atoms with Crippen LogP contribution < -0.4 is 0 Å². The van der Waals surface area contributed by atoms with Crippen LogP contribution in [0.1, 0.15) is 13.3 Å². The van der Waals surface area contributed by atoms with Gasteiger partial charge in [-0.1, -0.05) is 19.1 Å². The molecule has 0 bridgehead atoms. The SMILES string of the molecule is CCC(C(=O)O)[SH]1C=CC=C1.